The fraction of sp³-hybridized carbons (Fsp3) is 0.167. The Labute approximate surface area is 200 Å². The molecule has 164 valence electrons. The number of halogens is 2. The molecule has 0 aliphatic rings. The van der Waals surface area contributed by atoms with Crippen molar-refractivity contribution in [2.24, 2.45) is 0 Å². The number of fused-ring (bicyclic) bond motifs is 1. The van der Waals surface area contributed by atoms with E-state index in [-0.39, 0.29) is 10.9 Å². The van der Waals surface area contributed by atoms with Crippen molar-refractivity contribution >= 4 is 61.5 Å². The first kappa shape index (κ1) is 22.4. The average molecular weight is 487 g/mol. The monoisotopic (exact) mass is 486 g/mol. The Bertz CT molecular complexity index is 1240. The van der Waals surface area contributed by atoms with Crippen LogP contribution in [-0.2, 0) is 0 Å². The molecule has 5 nitrogen and oxygen atoms in total. The van der Waals surface area contributed by atoms with Crippen molar-refractivity contribution in [1.29, 1.82) is 0 Å². The molecule has 3 aromatic carbocycles. The first-order chi connectivity index (χ1) is 15.5. The van der Waals surface area contributed by atoms with Crippen LogP contribution in [0, 0.1) is 0 Å². The van der Waals surface area contributed by atoms with Gasteiger partial charge in [-0.3, -0.25) is 9.69 Å². The number of rotatable bonds is 7. The first-order valence-electron chi connectivity index (χ1n) is 10.1. The summed E-state index contributed by atoms with van der Waals surface area (Å²) in [5.74, 6) is 0.838. The van der Waals surface area contributed by atoms with Crippen LogP contribution >= 0.6 is 34.5 Å². The molecule has 0 unspecified atom stereocenters. The molecule has 0 bridgehead atoms. The Hall–Kier alpha value is -2.80. The topological polar surface area (TPSA) is 51.7 Å². The zero-order chi connectivity index (χ0) is 22.7. The molecule has 4 aromatic rings. The third kappa shape index (κ3) is 4.53. The van der Waals surface area contributed by atoms with Crippen molar-refractivity contribution in [3.05, 3.63) is 76.3 Å². The fourth-order valence-corrected chi connectivity index (χ4v) is 4.71. The lowest BCUT2D eigenvalue weighted by Gasteiger charge is -2.22. The standard InChI is InChI=1S/C24H20Cl2N2O3S/c1-3-30-20-12-10-16(14-21(20)31-4-2)28(23(29)17-11-9-15(25)13-18(17)26)24-27-19-7-5-6-8-22(19)32-24/h5-14H,3-4H2,1-2H3. The number of benzene rings is 3. The van der Waals surface area contributed by atoms with Gasteiger partial charge in [-0.05, 0) is 56.3 Å². The molecule has 8 heteroatoms. The van der Waals surface area contributed by atoms with Crippen molar-refractivity contribution in [3.8, 4) is 11.5 Å². The van der Waals surface area contributed by atoms with E-state index in [1.165, 1.54) is 16.2 Å². The molecular weight excluding hydrogens is 467 g/mol. The number of ether oxygens (including phenoxy) is 2. The van der Waals surface area contributed by atoms with Crippen LogP contribution in [0.2, 0.25) is 10.0 Å². The van der Waals surface area contributed by atoms with E-state index >= 15 is 0 Å². The molecule has 1 aromatic heterocycles. The third-order valence-corrected chi connectivity index (χ3v) is 6.19. The van der Waals surface area contributed by atoms with Gasteiger partial charge in [0.15, 0.2) is 16.6 Å². The quantitative estimate of drug-likeness (QED) is 0.273. The minimum absolute atomic E-state index is 0.268. The smallest absolute Gasteiger partial charge is 0.266 e. The molecule has 0 N–H and O–H groups in total. The van der Waals surface area contributed by atoms with Gasteiger partial charge in [-0.1, -0.05) is 46.7 Å². The highest BCUT2D eigenvalue weighted by Crippen LogP contribution is 2.39. The molecule has 0 saturated heterocycles. The first-order valence-corrected chi connectivity index (χ1v) is 11.6. The summed E-state index contributed by atoms with van der Waals surface area (Å²) in [5.41, 5.74) is 1.72. The number of nitrogens with zero attached hydrogens (tertiary/aromatic N) is 2. The summed E-state index contributed by atoms with van der Waals surface area (Å²) < 4.78 is 12.4. The van der Waals surface area contributed by atoms with Gasteiger partial charge in [-0.2, -0.15) is 0 Å². The average Bonchev–Trinajstić information content (AvgIpc) is 3.19. The highest BCUT2D eigenvalue weighted by Gasteiger charge is 2.26. The second-order valence-corrected chi connectivity index (χ2v) is 8.58. The van der Waals surface area contributed by atoms with Crippen molar-refractivity contribution in [2.45, 2.75) is 13.8 Å². The lowest BCUT2D eigenvalue weighted by atomic mass is 10.1. The Balaban J connectivity index is 1.87. The van der Waals surface area contributed by atoms with Gasteiger partial charge in [0.05, 0.1) is 39.7 Å². The number of hydrogen-bond acceptors (Lipinski definition) is 5. The van der Waals surface area contributed by atoms with Crippen LogP contribution in [0.5, 0.6) is 11.5 Å². The lowest BCUT2D eigenvalue weighted by Crippen LogP contribution is -2.26. The SMILES string of the molecule is CCOc1ccc(N(C(=O)c2ccc(Cl)cc2Cl)c2nc3ccccc3s2)cc1OCC. The van der Waals surface area contributed by atoms with E-state index in [1.807, 2.05) is 38.1 Å². The molecule has 1 heterocycles. The van der Waals surface area contributed by atoms with Crippen LogP contribution in [0.15, 0.2) is 60.7 Å². The van der Waals surface area contributed by atoms with Crippen LogP contribution < -0.4 is 14.4 Å². The molecule has 0 atom stereocenters. The van der Waals surface area contributed by atoms with Gasteiger partial charge in [0.25, 0.3) is 5.91 Å². The highest BCUT2D eigenvalue weighted by atomic mass is 35.5. The van der Waals surface area contributed by atoms with Crippen LogP contribution in [-0.4, -0.2) is 24.1 Å². The highest BCUT2D eigenvalue weighted by molar-refractivity contribution is 7.22. The van der Waals surface area contributed by atoms with E-state index in [0.29, 0.717) is 46.1 Å². The van der Waals surface area contributed by atoms with E-state index in [2.05, 4.69) is 0 Å². The Morgan fingerprint density at radius 1 is 0.969 bits per heavy atom. The maximum Gasteiger partial charge on any atom is 0.266 e. The molecule has 0 spiro atoms. The minimum atomic E-state index is -0.322. The van der Waals surface area contributed by atoms with Crippen LogP contribution in [0.4, 0.5) is 10.8 Å². The number of carbonyl (C=O) groups excluding carboxylic acids is 1. The van der Waals surface area contributed by atoms with E-state index in [0.717, 1.165) is 10.2 Å². The predicted molar refractivity (Wildman–Crippen MR) is 131 cm³/mol. The number of amides is 1. The molecular formula is C24H20Cl2N2O3S. The normalized spacial score (nSPS) is 10.9. The molecule has 0 radical (unpaired) electrons. The Kier molecular flexibility index (Phi) is 6.84. The van der Waals surface area contributed by atoms with Gasteiger partial charge >= 0.3 is 0 Å². The van der Waals surface area contributed by atoms with Crippen molar-refractivity contribution < 1.29 is 14.3 Å². The fourth-order valence-electron chi connectivity index (χ4n) is 3.23. The lowest BCUT2D eigenvalue weighted by molar-refractivity contribution is 0.0999. The summed E-state index contributed by atoms with van der Waals surface area (Å²) in [6.45, 7) is 4.76. The maximum absolute atomic E-state index is 13.7. The minimum Gasteiger partial charge on any atom is -0.490 e. The summed E-state index contributed by atoms with van der Waals surface area (Å²) in [5, 5.41) is 1.25. The number of carbonyl (C=O) groups is 1. The molecule has 0 aliphatic heterocycles. The molecule has 0 fully saturated rings. The zero-order valence-electron chi connectivity index (χ0n) is 17.5. The van der Waals surface area contributed by atoms with Crippen molar-refractivity contribution in [1.82, 2.24) is 4.98 Å². The van der Waals surface area contributed by atoms with Gasteiger partial charge in [-0.15, -0.1) is 0 Å². The van der Waals surface area contributed by atoms with Crippen molar-refractivity contribution in [2.75, 3.05) is 18.1 Å². The second kappa shape index (κ2) is 9.77. The van der Waals surface area contributed by atoms with E-state index in [9.17, 15) is 4.79 Å². The Morgan fingerprint density at radius 2 is 1.72 bits per heavy atom. The van der Waals surface area contributed by atoms with Crippen LogP contribution in [0.1, 0.15) is 24.2 Å². The van der Waals surface area contributed by atoms with Gasteiger partial charge in [0.1, 0.15) is 0 Å². The molecule has 1 amide bonds. The van der Waals surface area contributed by atoms with E-state index < -0.39 is 0 Å². The van der Waals surface area contributed by atoms with Crippen LogP contribution in [0.25, 0.3) is 10.2 Å². The Morgan fingerprint density at radius 3 is 2.44 bits per heavy atom. The third-order valence-electron chi connectivity index (χ3n) is 4.62. The molecule has 4 rings (SSSR count). The van der Waals surface area contributed by atoms with Gasteiger partial charge in [0.2, 0.25) is 0 Å². The van der Waals surface area contributed by atoms with E-state index in [1.54, 1.807) is 36.4 Å². The molecule has 32 heavy (non-hydrogen) atoms. The number of para-hydroxylation sites is 1. The predicted octanol–water partition coefficient (Wildman–Crippen LogP) is 7.38. The second-order valence-electron chi connectivity index (χ2n) is 6.73. The van der Waals surface area contributed by atoms with Gasteiger partial charge in [-0.25, -0.2) is 4.98 Å². The molecule has 0 saturated carbocycles. The van der Waals surface area contributed by atoms with Gasteiger partial charge in [0, 0.05) is 11.1 Å². The number of aromatic nitrogens is 1. The van der Waals surface area contributed by atoms with Gasteiger partial charge < -0.3 is 9.47 Å². The van der Waals surface area contributed by atoms with E-state index in [4.69, 9.17) is 37.7 Å². The number of thiazole rings is 1. The summed E-state index contributed by atoms with van der Waals surface area (Å²) in [4.78, 5) is 20.0. The summed E-state index contributed by atoms with van der Waals surface area (Å²) in [6.07, 6.45) is 0. The maximum atomic E-state index is 13.7. The summed E-state index contributed by atoms with van der Waals surface area (Å²) in [7, 11) is 0. The zero-order valence-corrected chi connectivity index (χ0v) is 19.8. The van der Waals surface area contributed by atoms with Crippen molar-refractivity contribution in [3.63, 3.8) is 0 Å². The summed E-state index contributed by atoms with van der Waals surface area (Å²) in [6, 6.07) is 17.9. The molecule has 0 aliphatic carbocycles. The largest absolute Gasteiger partial charge is 0.490 e. The van der Waals surface area contributed by atoms with Crippen LogP contribution in [0.3, 0.4) is 0 Å². The summed E-state index contributed by atoms with van der Waals surface area (Å²) >= 11 is 13.8. The number of anilines is 2. The number of hydrogen-bond donors (Lipinski definition) is 0.